The van der Waals surface area contributed by atoms with Gasteiger partial charge in [0.1, 0.15) is 0 Å². The number of pyridine rings is 1. The van der Waals surface area contributed by atoms with Gasteiger partial charge in [0.2, 0.25) is 5.88 Å². The van der Waals surface area contributed by atoms with Crippen LogP contribution < -0.4 is 20.7 Å². The Morgan fingerprint density at radius 3 is 2.71 bits per heavy atom. The molecule has 1 fully saturated rings. The van der Waals surface area contributed by atoms with Crippen LogP contribution in [0.1, 0.15) is 41.3 Å². The summed E-state index contributed by atoms with van der Waals surface area (Å²) in [4.78, 5) is 20.8. The van der Waals surface area contributed by atoms with Gasteiger partial charge in [0, 0.05) is 38.0 Å². The fourth-order valence-corrected chi connectivity index (χ4v) is 2.93. The largest absolute Gasteiger partial charge is 0.477 e. The maximum Gasteiger partial charge on any atom is 0.251 e. The van der Waals surface area contributed by atoms with Crippen molar-refractivity contribution in [2.75, 3.05) is 26.7 Å². The van der Waals surface area contributed by atoms with Crippen molar-refractivity contribution in [2.45, 2.75) is 32.7 Å². The first-order chi connectivity index (χ1) is 14.7. The lowest BCUT2D eigenvalue weighted by Gasteiger charge is -2.12. The smallest absolute Gasteiger partial charge is 0.251 e. The fraction of sp³-hybridized carbons (Fsp3) is 0.435. The molecule has 1 heterocycles. The Labute approximate surface area is 201 Å². The molecule has 1 aromatic heterocycles. The molecule has 1 aliphatic carbocycles. The minimum Gasteiger partial charge on any atom is -0.477 e. The molecule has 0 aliphatic heterocycles. The highest BCUT2D eigenvalue weighted by atomic mass is 127. The number of amides is 1. The van der Waals surface area contributed by atoms with Crippen LogP contribution in [-0.4, -0.2) is 43.6 Å². The van der Waals surface area contributed by atoms with Crippen molar-refractivity contribution in [3.05, 3.63) is 59.3 Å². The number of nitrogens with one attached hydrogen (secondary N) is 3. The van der Waals surface area contributed by atoms with Gasteiger partial charge in [0.05, 0.1) is 13.2 Å². The number of aliphatic imine (C=N–C) groups is 1. The first kappa shape index (κ1) is 24.9. The highest BCUT2D eigenvalue weighted by Gasteiger charge is 2.22. The average molecular weight is 537 g/mol. The highest BCUT2D eigenvalue weighted by molar-refractivity contribution is 14.0. The van der Waals surface area contributed by atoms with Crippen LogP contribution in [0.25, 0.3) is 0 Å². The van der Waals surface area contributed by atoms with Gasteiger partial charge in [0.25, 0.3) is 5.91 Å². The van der Waals surface area contributed by atoms with Crippen molar-refractivity contribution in [3.63, 3.8) is 0 Å². The number of hydrogen-bond donors (Lipinski definition) is 3. The fourth-order valence-electron chi connectivity index (χ4n) is 2.93. The Bertz CT molecular complexity index is 853. The predicted octanol–water partition coefficient (Wildman–Crippen LogP) is 3.15. The molecule has 1 amide bonds. The van der Waals surface area contributed by atoms with Crippen LogP contribution in [0.2, 0.25) is 0 Å². The van der Waals surface area contributed by atoms with E-state index in [1.165, 1.54) is 12.8 Å². The van der Waals surface area contributed by atoms with E-state index in [0.717, 1.165) is 49.1 Å². The van der Waals surface area contributed by atoms with Gasteiger partial charge >= 0.3 is 0 Å². The van der Waals surface area contributed by atoms with E-state index in [4.69, 9.17) is 4.74 Å². The van der Waals surface area contributed by atoms with Crippen LogP contribution in [0, 0.1) is 5.92 Å². The summed E-state index contributed by atoms with van der Waals surface area (Å²) in [6, 6.07) is 11.6. The number of rotatable bonds is 10. The Kier molecular flexibility index (Phi) is 10.6. The third-order valence-electron chi connectivity index (χ3n) is 4.85. The van der Waals surface area contributed by atoms with Gasteiger partial charge in [-0.15, -0.1) is 24.0 Å². The minimum absolute atomic E-state index is 0. The van der Waals surface area contributed by atoms with Crippen molar-refractivity contribution in [2.24, 2.45) is 10.9 Å². The maximum atomic E-state index is 11.8. The highest BCUT2D eigenvalue weighted by Crippen LogP contribution is 2.29. The van der Waals surface area contributed by atoms with Gasteiger partial charge in [-0.05, 0) is 55.4 Å². The van der Waals surface area contributed by atoms with Crippen molar-refractivity contribution in [3.8, 4) is 5.88 Å². The molecular formula is C23H32IN5O2. The number of halogens is 1. The molecule has 3 rings (SSSR count). The molecule has 0 spiro atoms. The monoisotopic (exact) mass is 537 g/mol. The van der Waals surface area contributed by atoms with Gasteiger partial charge in [-0.25, -0.2) is 9.98 Å². The third kappa shape index (κ3) is 8.72. The van der Waals surface area contributed by atoms with Crippen molar-refractivity contribution in [1.82, 2.24) is 20.9 Å². The summed E-state index contributed by atoms with van der Waals surface area (Å²) in [5, 5.41) is 9.26. The van der Waals surface area contributed by atoms with Crippen LogP contribution in [0.4, 0.5) is 0 Å². The molecule has 0 bridgehead atoms. The van der Waals surface area contributed by atoms with Gasteiger partial charge in [-0.2, -0.15) is 0 Å². The third-order valence-corrected chi connectivity index (χ3v) is 4.85. The van der Waals surface area contributed by atoms with E-state index in [2.05, 4.69) is 25.9 Å². The zero-order valence-electron chi connectivity index (χ0n) is 18.2. The van der Waals surface area contributed by atoms with Gasteiger partial charge in [-0.1, -0.05) is 18.2 Å². The summed E-state index contributed by atoms with van der Waals surface area (Å²) in [6.07, 6.45) is 5.16. The van der Waals surface area contributed by atoms with Crippen LogP contribution >= 0.6 is 24.0 Å². The lowest BCUT2D eigenvalue weighted by Crippen LogP contribution is -2.38. The number of benzene rings is 1. The lowest BCUT2D eigenvalue weighted by atomic mass is 10.1. The van der Waals surface area contributed by atoms with Crippen LogP contribution in [0.15, 0.2) is 47.6 Å². The summed E-state index contributed by atoms with van der Waals surface area (Å²) >= 11 is 0. The van der Waals surface area contributed by atoms with Crippen molar-refractivity contribution in [1.29, 1.82) is 0 Å². The molecule has 1 aromatic carbocycles. The lowest BCUT2D eigenvalue weighted by molar-refractivity contribution is 0.0963. The second-order valence-electron chi connectivity index (χ2n) is 7.41. The van der Waals surface area contributed by atoms with E-state index in [0.29, 0.717) is 18.0 Å². The molecule has 0 saturated heterocycles. The van der Waals surface area contributed by atoms with Crippen LogP contribution in [-0.2, 0) is 13.0 Å². The van der Waals surface area contributed by atoms with E-state index in [1.807, 2.05) is 49.5 Å². The first-order valence-electron chi connectivity index (χ1n) is 10.6. The number of hydrogen-bond acceptors (Lipinski definition) is 4. The Morgan fingerprint density at radius 2 is 2.03 bits per heavy atom. The quantitative estimate of drug-likeness (QED) is 0.246. The van der Waals surface area contributed by atoms with Gasteiger partial charge in [-0.3, -0.25) is 4.79 Å². The molecule has 0 radical (unpaired) electrons. The van der Waals surface area contributed by atoms with Crippen molar-refractivity contribution < 1.29 is 9.53 Å². The SMILES string of the molecule is CCNC(=NCc1ccc(OCC2CC2)nc1)NCCc1cccc(C(=O)NC)c1.I. The maximum absolute atomic E-state index is 11.8. The standard InChI is InChI=1S/C23H31N5O2.HI/c1-3-25-23(26-12-11-17-5-4-6-20(13-17)22(29)24-2)28-15-19-9-10-21(27-14-19)30-16-18-7-8-18;/h4-6,9-10,13-14,18H,3,7-8,11-12,15-16H2,1-2H3,(H,24,29)(H2,25,26,28);1H. The Hall–Kier alpha value is -2.36. The summed E-state index contributed by atoms with van der Waals surface area (Å²) in [5.74, 6) is 2.08. The number of carbonyl (C=O) groups is 1. The van der Waals surface area contributed by atoms with Gasteiger partial charge < -0.3 is 20.7 Å². The first-order valence-corrected chi connectivity index (χ1v) is 10.6. The van der Waals surface area contributed by atoms with E-state index in [1.54, 1.807) is 7.05 Å². The molecule has 0 atom stereocenters. The van der Waals surface area contributed by atoms with E-state index in [9.17, 15) is 4.79 Å². The number of aromatic nitrogens is 1. The Balaban J connectivity index is 0.00000341. The average Bonchev–Trinajstić information content (AvgIpc) is 3.61. The molecule has 0 unspecified atom stereocenters. The summed E-state index contributed by atoms with van der Waals surface area (Å²) in [5.41, 5.74) is 2.81. The molecule has 168 valence electrons. The number of carbonyl (C=O) groups excluding carboxylic acids is 1. The normalized spacial score (nSPS) is 13.2. The summed E-state index contributed by atoms with van der Waals surface area (Å²) in [6.45, 7) is 4.85. The number of guanidine groups is 1. The molecular weight excluding hydrogens is 505 g/mol. The van der Waals surface area contributed by atoms with E-state index < -0.39 is 0 Å². The number of ether oxygens (including phenoxy) is 1. The van der Waals surface area contributed by atoms with Crippen LogP contribution in [0.5, 0.6) is 5.88 Å². The summed E-state index contributed by atoms with van der Waals surface area (Å²) in [7, 11) is 1.64. The van der Waals surface area contributed by atoms with E-state index in [-0.39, 0.29) is 29.9 Å². The molecule has 31 heavy (non-hydrogen) atoms. The molecule has 7 nitrogen and oxygen atoms in total. The van der Waals surface area contributed by atoms with Crippen molar-refractivity contribution >= 4 is 35.8 Å². The molecule has 8 heteroatoms. The molecule has 3 N–H and O–H groups in total. The molecule has 2 aromatic rings. The minimum atomic E-state index is -0.0720. The topological polar surface area (TPSA) is 87.6 Å². The summed E-state index contributed by atoms with van der Waals surface area (Å²) < 4.78 is 5.68. The van der Waals surface area contributed by atoms with Crippen LogP contribution in [0.3, 0.4) is 0 Å². The second kappa shape index (κ2) is 13.1. The van der Waals surface area contributed by atoms with E-state index >= 15 is 0 Å². The second-order valence-corrected chi connectivity index (χ2v) is 7.41. The number of nitrogens with zero attached hydrogens (tertiary/aromatic N) is 2. The molecule has 1 saturated carbocycles. The Morgan fingerprint density at radius 1 is 1.19 bits per heavy atom. The van der Waals surface area contributed by atoms with Gasteiger partial charge in [0.15, 0.2) is 5.96 Å². The zero-order valence-corrected chi connectivity index (χ0v) is 20.5. The zero-order chi connectivity index (χ0) is 21.2. The molecule has 1 aliphatic rings. The predicted molar refractivity (Wildman–Crippen MR) is 134 cm³/mol.